The Bertz CT molecular complexity index is 382. The van der Waals surface area contributed by atoms with Gasteiger partial charge in [-0.3, -0.25) is 4.79 Å². The lowest BCUT2D eigenvalue weighted by Gasteiger charge is -2.16. The Balaban J connectivity index is 2.31. The molecule has 1 aromatic rings. The average molecular weight is 270 g/mol. The molecule has 0 unspecified atom stereocenters. The summed E-state index contributed by atoms with van der Waals surface area (Å²) in [7, 11) is 1.75. The van der Waals surface area contributed by atoms with Crippen molar-refractivity contribution < 1.29 is 9.53 Å². The van der Waals surface area contributed by atoms with Crippen molar-refractivity contribution in [3.05, 3.63) is 29.8 Å². The molecule has 100 valence electrons. The summed E-state index contributed by atoms with van der Waals surface area (Å²) in [4.78, 5) is 12.9. The number of amides is 1. The molecule has 0 bridgehead atoms. The number of carbonyl (C=O) groups excluding carboxylic acids is 1. The smallest absolute Gasteiger partial charge is 0.237 e. The fraction of sp³-hybridized carbons (Fsp3) is 0.500. The van der Waals surface area contributed by atoms with E-state index in [4.69, 9.17) is 16.3 Å². The number of halogens is 1. The maximum Gasteiger partial charge on any atom is 0.237 e. The molecule has 1 rings (SSSR count). The molecule has 0 fully saturated rings. The molecule has 0 aliphatic carbocycles. The number of alkyl halides is 1. The second kappa shape index (κ2) is 7.98. The highest BCUT2D eigenvalue weighted by Crippen LogP contribution is 2.18. The first kappa shape index (κ1) is 14.8. The van der Waals surface area contributed by atoms with Gasteiger partial charge in [-0.05, 0) is 24.5 Å². The SMILES string of the molecule is CCc1ccccc1OCCCN(C)C(=O)CCl. The zero-order chi connectivity index (χ0) is 13.4. The Hall–Kier alpha value is -1.22. The number of benzene rings is 1. The molecule has 1 aromatic carbocycles. The molecule has 1 amide bonds. The van der Waals surface area contributed by atoms with Gasteiger partial charge in [-0.2, -0.15) is 0 Å². The molecule has 0 saturated carbocycles. The van der Waals surface area contributed by atoms with Crippen LogP contribution in [0.1, 0.15) is 18.9 Å². The second-order valence-electron chi connectivity index (χ2n) is 4.11. The summed E-state index contributed by atoms with van der Waals surface area (Å²) in [5, 5.41) is 0. The Labute approximate surface area is 114 Å². The van der Waals surface area contributed by atoms with E-state index in [2.05, 4.69) is 13.0 Å². The Morgan fingerprint density at radius 3 is 2.78 bits per heavy atom. The maximum absolute atomic E-state index is 11.2. The molecular formula is C14H20ClNO2. The minimum Gasteiger partial charge on any atom is -0.493 e. The third-order valence-corrected chi connectivity index (χ3v) is 3.02. The summed E-state index contributed by atoms with van der Waals surface area (Å²) in [5.74, 6) is 0.924. The summed E-state index contributed by atoms with van der Waals surface area (Å²) in [6.45, 7) is 3.38. The largest absolute Gasteiger partial charge is 0.493 e. The molecule has 0 saturated heterocycles. The lowest BCUT2D eigenvalue weighted by atomic mass is 10.1. The molecule has 0 aliphatic rings. The summed E-state index contributed by atoms with van der Waals surface area (Å²) in [6, 6.07) is 8.03. The Morgan fingerprint density at radius 2 is 2.11 bits per heavy atom. The summed E-state index contributed by atoms with van der Waals surface area (Å²) in [5.41, 5.74) is 1.21. The molecule has 0 aromatic heterocycles. The first-order valence-electron chi connectivity index (χ1n) is 6.19. The van der Waals surface area contributed by atoms with Crippen molar-refractivity contribution in [3.8, 4) is 5.75 Å². The van der Waals surface area contributed by atoms with Crippen LogP contribution in [0.3, 0.4) is 0 Å². The van der Waals surface area contributed by atoms with E-state index in [0.29, 0.717) is 13.2 Å². The van der Waals surface area contributed by atoms with E-state index in [1.165, 1.54) is 5.56 Å². The normalized spacial score (nSPS) is 10.2. The van der Waals surface area contributed by atoms with E-state index in [-0.39, 0.29) is 11.8 Å². The van der Waals surface area contributed by atoms with Crippen molar-refractivity contribution in [1.82, 2.24) is 4.90 Å². The molecule has 0 radical (unpaired) electrons. The molecule has 0 heterocycles. The number of hydrogen-bond donors (Lipinski definition) is 0. The van der Waals surface area contributed by atoms with Crippen LogP contribution in [0.15, 0.2) is 24.3 Å². The fourth-order valence-electron chi connectivity index (χ4n) is 1.65. The maximum atomic E-state index is 11.2. The lowest BCUT2D eigenvalue weighted by molar-refractivity contribution is -0.127. The van der Waals surface area contributed by atoms with Gasteiger partial charge < -0.3 is 9.64 Å². The summed E-state index contributed by atoms with van der Waals surface area (Å²) in [6.07, 6.45) is 1.76. The fourth-order valence-corrected chi connectivity index (χ4v) is 1.85. The van der Waals surface area contributed by atoms with Gasteiger partial charge in [0.2, 0.25) is 5.91 Å². The van der Waals surface area contributed by atoms with Crippen molar-refractivity contribution in [2.45, 2.75) is 19.8 Å². The zero-order valence-electron chi connectivity index (χ0n) is 11.0. The van der Waals surface area contributed by atoms with Crippen LogP contribution < -0.4 is 4.74 Å². The van der Waals surface area contributed by atoms with Gasteiger partial charge in [0.25, 0.3) is 0 Å². The van der Waals surface area contributed by atoms with Gasteiger partial charge in [-0.15, -0.1) is 11.6 Å². The molecule has 3 nitrogen and oxygen atoms in total. The minimum atomic E-state index is -0.0503. The monoisotopic (exact) mass is 269 g/mol. The standard InChI is InChI=1S/C14H20ClNO2/c1-3-12-7-4-5-8-13(12)18-10-6-9-16(2)14(17)11-15/h4-5,7-8H,3,6,9-11H2,1-2H3. The van der Waals surface area contributed by atoms with Crippen LogP contribution in [0.2, 0.25) is 0 Å². The van der Waals surface area contributed by atoms with E-state index in [1.54, 1.807) is 11.9 Å². The van der Waals surface area contributed by atoms with Crippen LogP contribution in [0.25, 0.3) is 0 Å². The number of aryl methyl sites for hydroxylation is 1. The molecule has 0 spiro atoms. The van der Waals surface area contributed by atoms with E-state index in [1.807, 2.05) is 18.2 Å². The second-order valence-corrected chi connectivity index (χ2v) is 4.38. The highest BCUT2D eigenvalue weighted by atomic mass is 35.5. The van der Waals surface area contributed by atoms with Gasteiger partial charge in [0.1, 0.15) is 11.6 Å². The van der Waals surface area contributed by atoms with Crippen LogP contribution in [-0.4, -0.2) is 36.9 Å². The number of hydrogen-bond acceptors (Lipinski definition) is 2. The number of rotatable bonds is 7. The third kappa shape index (κ3) is 4.57. The van der Waals surface area contributed by atoms with E-state index < -0.39 is 0 Å². The van der Waals surface area contributed by atoms with Crippen LogP contribution in [0, 0.1) is 0 Å². The van der Waals surface area contributed by atoms with Crippen molar-refractivity contribution >= 4 is 17.5 Å². The quantitative estimate of drug-likeness (QED) is 0.563. The van der Waals surface area contributed by atoms with Crippen molar-refractivity contribution in [2.24, 2.45) is 0 Å². The lowest BCUT2D eigenvalue weighted by Crippen LogP contribution is -2.29. The molecule has 0 atom stereocenters. The Kier molecular flexibility index (Phi) is 6.58. The van der Waals surface area contributed by atoms with Crippen molar-refractivity contribution in [2.75, 3.05) is 26.1 Å². The summed E-state index contributed by atoms with van der Waals surface area (Å²) < 4.78 is 5.72. The predicted molar refractivity (Wildman–Crippen MR) is 74.3 cm³/mol. The van der Waals surface area contributed by atoms with Crippen LogP contribution in [-0.2, 0) is 11.2 Å². The highest BCUT2D eigenvalue weighted by molar-refractivity contribution is 6.27. The van der Waals surface area contributed by atoms with E-state index in [0.717, 1.165) is 18.6 Å². The topological polar surface area (TPSA) is 29.5 Å². The number of ether oxygens (including phenoxy) is 1. The molecule has 4 heteroatoms. The van der Waals surface area contributed by atoms with Gasteiger partial charge in [0, 0.05) is 13.6 Å². The number of para-hydroxylation sites is 1. The molecule has 0 N–H and O–H groups in total. The highest BCUT2D eigenvalue weighted by Gasteiger charge is 2.06. The Morgan fingerprint density at radius 1 is 1.39 bits per heavy atom. The van der Waals surface area contributed by atoms with Crippen LogP contribution in [0.4, 0.5) is 0 Å². The van der Waals surface area contributed by atoms with Gasteiger partial charge in [0.15, 0.2) is 0 Å². The molecule has 0 aliphatic heterocycles. The van der Waals surface area contributed by atoms with E-state index >= 15 is 0 Å². The average Bonchev–Trinajstić information content (AvgIpc) is 2.42. The van der Waals surface area contributed by atoms with Gasteiger partial charge in [0.05, 0.1) is 6.61 Å². The number of nitrogens with zero attached hydrogens (tertiary/aromatic N) is 1. The van der Waals surface area contributed by atoms with Crippen molar-refractivity contribution in [3.63, 3.8) is 0 Å². The van der Waals surface area contributed by atoms with Gasteiger partial charge >= 0.3 is 0 Å². The summed E-state index contributed by atoms with van der Waals surface area (Å²) >= 11 is 5.47. The first-order chi connectivity index (χ1) is 8.69. The van der Waals surface area contributed by atoms with Gasteiger partial charge in [-0.1, -0.05) is 25.1 Å². The van der Waals surface area contributed by atoms with Crippen molar-refractivity contribution in [1.29, 1.82) is 0 Å². The third-order valence-electron chi connectivity index (χ3n) is 2.79. The first-order valence-corrected chi connectivity index (χ1v) is 6.73. The van der Waals surface area contributed by atoms with Crippen LogP contribution in [0.5, 0.6) is 5.75 Å². The van der Waals surface area contributed by atoms with Crippen LogP contribution >= 0.6 is 11.6 Å². The minimum absolute atomic E-state index is 0.0377. The molecule has 18 heavy (non-hydrogen) atoms. The zero-order valence-corrected chi connectivity index (χ0v) is 11.7. The van der Waals surface area contributed by atoms with Gasteiger partial charge in [-0.25, -0.2) is 0 Å². The molecular weight excluding hydrogens is 250 g/mol. The van der Waals surface area contributed by atoms with E-state index in [9.17, 15) is 4.79 Å². The number of carbonyl (C=O) groups is 1. The predicted octanol–water partition coefficient (Wildman–Crippen LogP) is 2.72.